The fourth-order valence-electron chi connectivity index (χ4n) is 2.90. The number of aryl methyl sites for hydroxylation is 1. The fourth-order valence-corrected chi connectivity index (χ4v) is 2.90. The van der Waals surface area contributed by atoms with Crippen LogP contribution in [-0.2, 0) is 25.7 Å². The molecule has 0 saturated carbocycles. The predicted octanol–water partition coefficient (Wildman–Crippen LogP) is 3.29. The Hall–Kier alpha value is -3.02. The summed E-state index contributed by atoms with van der Waals surface area (Å²) in [6.45, 7) is 0. The first kappa shape index (κ1) is 14.6. The molecule has 4 rings (SSSR count). The van der Waals surface area contributed by atoms with Crippen molar-refractivity contribution in [3.8, 4) is 0 Å². The molecule has 122 valence electrons. The van der Waals surface area contributed by atoms with Gasteiger partial charge in [-0.15, -0.1) is 0 Å². The predicted molar refractivity (Wildman–Crippen MR) is 87.6 cm³/mol. The first-order valence-electron chi connectivity index (χ1n) is 7.95. The number of H-pyrrole nitrogens is 2. The minimum atomic E-state index is 0.661. The van der Waals surface area contributed by atoms with Crippen molar-refractivity contribution in [2.45, 2.75) is 25.7 Å². The van der Waals surface area contributed by atoms with Gasteiger partial charge in [-0.25, -0.2) is 0 Å². The van der Waals surface area contributed by atoms with Gasteiger partial charge in [0, 0.05) is 30.2 Å². The molecule has 0 unspecified atom stereocenters. The van der Waals surface area contributed by atoms with Gasteiger partial charge in [0.25, 0.3) is 0 Å². The second-order valence-corrected chi connectivity index (χ2v) is 5.76. The number of hydrogen-bond donors (Lipinski definition) is 2. The van der Waals surface area contributed by atoms with Gasteiger partial charge in [-0.2, -0.15) is 10.2 Å². The summed E-state index contributed by atoms with van der Waals surface area (Å²) in [5.41, 5.74) is 4.60. The molecule has 2 N–H and O–H groups in total. The normalized spacial score (nSPS) is 11.2. The SMILES string of the molecule is c1coc(Cc2occ(Cc3ccn[nH]3)c2CCc2ccn[nH]2)c1. The Labute approximate surface area is 138 Å². The van der Waals surface area contributed by atoms with Crippen LogP contribution in [0.1, 0.15) is 34.0 Å². The van der Waals surface area contributed by atoms with Crippen molar-refractivity contribution in [2.24, 2.45) is 0 Å². The molecule has 0 saturated heterocycles. The first-order valence-corrected chi connectivity index (χ1v) is 7.95. The van der Waals surface area contributed by atoms with Crippen molar-refractivity contribution < 1.29 is 8.83 Å². The molecule has 0 aliphatic rings. The van der Waals surface area contributed by atoms with Crippen molar-refractivity contribution >= 4 is 0 Å². The third kappa shape index (κ3) is 3.17. The van der Waals surface area contributed by atoms with E-state index in [9.17, 15) is 0 Å². The van der Waals surface area contributed by atoms with E-state index in [1.807, 2.05) is 30.5 Å². The number of hydrogen-bond acceptors (Lipinski definition) is 4. The summed E-state index contributed by atoms with van der Waals surface area (Å²) in [5, 5.41) is 14.1. The summed E-state index contributed by atoms with van der Waals surface area (Å²) < 4.78 is 11.3. The highest BCUT2D eigenvalue weighted by atomic mass is 16.3. The van der Waals surface area contributed by atoms with Crippen LogP contribution >= 0.6 is 0 Å². The Kier molecular flexibility index (Phi) is 4.02. The van der Waals surface area contributed by atoms with Crippen LogP contribution in [0.2, 0.25) is 0 Å². The Bertz CT molecular complexity index is 805. The summed E-state index contributed by atoms with van der Waals surface area (Å²) in [5.74, 6) is 1.86. The van der Waals surface area contributed by atoms with E-state index in [0.717, 1.165) is 42.2 Å². The van der Waals surface area contributed by atoms with Crippen molar-refractivity contribution in [1.82, 2.24) is 20.4 Å². The van der Waals surface area contributed by atoms with E-state index in [1.54, 1.807) is 18.7 Å². The largest absolute Gasteiger partial charge is 0.469 e. The van der Waals surface area contributed by atoms with Crippen molar-refractivity contribution in [3.05, 3.63) is 83.2 Å². The number of nitrogens with one attached hydrogen (secondary N) is 2. The molecule has 0 spiro atoms. The lowest BCUT2D eigenvalue weighted by Crippen LogP contribution is -2.00. The smallest absolute Gasteiger partial charge is 0.114 e. The van der Waals surface area contributed by atoms with E-state index in [0.29, 0.717) is 6.42 Å². The third-order valence-electron chi connectivity index (χ3n) is 4.12. The van der Waals surface area contributed by atoms with Crippen molar-refractivity contribution in [3.63, 3.8) is 0 Å². The van der Waals surface area contributed by atoms with E-state index >= 15 is 0 Å². The molecule has 0 amide bonds. The van der Waals surface area contributed by atoms with Gasteiger partial charge in [-0.05, 0) is 48.2 Å². The maximum atomic E-state index is 5.87. The average Bonchev–Trinajstić information content (AvgIpc) is 3.37. The maximum Gasteiger partial charge on any atom is 0.114 e. The second kappa shape index (κ2) is 6.62. The zero-order valence-electron chi connectivity index (χ0n) is 13.2. The van der Waals surface area contributed by atoms with Crippen LogP contribution in [0.3, 0.4) is 0 Å². The molecule has 6 nitrogen and oxygen atoms in total. The summed E-state index contributed by atoms with van der Waals surface area (Å²) in [6, 6.07) is 7.85. The molecule has 6 heteroatoms. The molecule has 0 aromatic carbocycles. The van der Waals surface area contributed by atoms with Crippen molar-refractivity contribution in [2.75, 3.05) is 0 Å². The van der Waals surface area contributed by atoms with Crippen LogP contribution in [0, 0.1) is 0 Å². The third-order valence-corrected chi connectivity index (χ3v) is 4.12. The van der Waals surface area contributed by atoms with Gasteiger partial charge in [0.1, 0.15) is 11.5 Å². The summed E-state index contributed by atoms with van der Waals surface area (Å²) in [4.78, 5) is 0. The molecule has 0 fully saturated rings. The summed E-state index contributed by atoms with van der Waals surface area (Å²) in [7, 11) is 0. The van der Waals surface area contributed by atoms with Crippen LogP contribution in [0.15, 0.2) is 58.0 Å². The standard InChI is InChI=1S/C18H18N4O2/c1-2-16(23-9-1)11-18-17(4-3-14-5-7-19-21-14)13(12-24-18)10-15-6-8-20-22-15/h1-2,5-9,12H,3-4,10-11H2,(H,19,21)(H,20,22). The van der Waals surface area contributed by atoms with Gasteiger partial charge in [-0.1, -0.05) is 0 Å². The molecule has 0 bridgehead atoms. The maximum absolute atomic E-state index is 5.87. The van der Waals surface area contributed by atoms with E-state index in [-0.39, 0.29) is 0 Å². The van der Waals surface area contributed by atoms with Crippen LogP contribution in [0.4, 0.5) is 0 Å². The number of furan rings is 2. The summed E-state index contributed by atoms with van der Waals surface area (Å²) >= 11 is 0. The average molecular weight is 322 g/mol. The minimum Gasteiger partial charge on any atom is -0.469 e. The highest BCUT2D eigenvalue weighted by Gasteiger charge is 2.16. The first-order chi connectivity index (χ1) is 11.9. The van der Waals surface area contributed by atoms with E-state index in [1.165, 1.54) is 11.1 Å². The zero-order chi connectivity index (χ0) is 16.2. The zero-order valence-corrected chi connectivity index (χ0v) is 13.2. The molecule has 0 aliphatic heterocycles. The second-order valence-electron chi connectivity index (χ2n) is 5.76. The molecule has 4 aromatic heterocycles. The quantitative estimate of drug-likeness (QED) is 0.547. The monoisotopic (exact) mass is 322 g/mol. The van der Waals surface area contributed by atoms with Crippen LogP contribution in [0.25, 0.3) is 0 Å². The molecular formula is C18H18N4O2. The molecule has 4 aromatic rings. The Morgan fingerprint density at radius 1 is 0.875 bits per heavy atom. The lowest BCUT2D eigenvalue weighted by Gasteiger charge is -2.05. The Balaban J connectivity index is 1.58. The van der Waals surface area contributed by atoms with Gasteiger partial charge in [-0.3, -0.25) is 10.2 Å². The molecule has 0 aliphatic carbocycles. The highest BCUT2D eigenvalue weighted by molar-refractivity contribution is 5.34. The minimum absolute atomic E-state index is 0.661. The number of nitrogens with zero attached hydrogens (tertiary/aromatic N) is 2. The Morgan fingerprint density at radius 3 is 2.42 bits per heavy atom. The molecule has 0 atom stereocenters. The number of aromatic nitrogens is 4. The highest BCUT2D eigenvalue weighted by Crippen LogP contribution is 2.24. The van der Waals surface area contributed by atoms with E-state index < -0.39 is 0 Å². The molecular weight excluding hydrogens is 304 g/mol. The lowest BCUT2D eigenvalue weighted by atomic mass is 9.99. The fraction of sp³-hybridized carbons (Fsp3) is 0.222. The van der Waals surface area contributed by atoms with Crippen molar-refractivity contribution in [1.29, 1.82) is 0 Å². The number of aromatic amines is 2. The molecule has 0 radical (unpaired) electrons. The lowest BCUT2D eigenvalue weighted by molar-refractivity contribution is 0.471. The van der Waals surface area contributed by atoms with E-state index in [4.69, 9.17) is 8.83 Å². The summed E-state index contributed by atoms with van der Waals surface area (Å²) in [6.07, 6.45) is 10.3. The van der Waals surface area contributed by atoms with Gasteiger partial charge in [0.15, 0.2) is 0 Å². The molecule has 24 heavy (non-hydrogen) atoms. The van der Waals surface area contributed by atoms with Gasteiger partial charge in [0.2, 0.25) is 0 Å². The van der Waals surface area contributed by atoms with Crippen LogP contribution < -0.4 is 0 Å². The number of rotatable bonds is 7. The molecule has 4 heterocycles. The topological polar surface area (TPSA) is 83.6 Å². The van der Waals surface area contributed by atoms with Gasteiger partial charge >= 0.3 is 0 Å². The van der Waals surface area contributed by atoms with Crippen LogP contribution in [-0.4, -0.2) is 20.4 Å². The Morgan fingerprint density at radius 2 is 1.71 bits per heavy atom. The van der Waals surface area contributed by atoms with E-state index in [2.05, 4.69) is 20.4 Å². The van der Waals surface area contributed by atoms with Crippen LogP contribution in [0.5, 0.6) is 0 Å². The van der Waals surface area contributed by atoms with Gasteiger partial charge < -0.3 is 8.83 Å². The van der Waals surface area contributed by atoms with Gasteiger partial charge in [0.05, 0.1) is 18.9 Å².